The van der Waals surface area contributed by atoms with E-state index in [4.69, 9.17) is 0 Å². The lowest BCUT2D eigenvalue weighted by Crippen LogP contribution is -2.27. The second-order valence-corrected chi connectivity index (χ2v) is 3.12. The predicted octanol–water partition coefficient (Wildman–Crippen LogP) is 2.32. The molecule has 0 unspecified atom stereocenters. The van der Waals surface area contributed by atoms with E-state index in [-0.39, 0.29) is 12.4 Å². The predicted molar refractivity (Wildman–Crippen MR) is 53.8 cm³/mol. The van der Waals surface area contributed by atoms with Crippen molar-refractivity contribution in [1.82, 2.24) is 5.32 Å². The van der Waals surface area contributed by atoms with Crippen molar-refractivity contribution in [3.63, 3.8) is 0 Å². The van der Waals surface area contributed by atoms with E-state index >= 15 is 0 Å². The normalized spacial score (nSPS) is 20.9. The molecule has 0 aromatic heterocycles. The van der Waals surface area contributed by atoms with E-state index in [2.05, 4.69) is 36.5 Å². The first-order chi connectivity index (χ1) is 5.38. The van der Waals surface area contributed by atoms with E-state index in [0.29, 0.717) is 6.04 Å². The van der Waals surface area contributed by atoms with E-state index in [1.54, 1.807) is 0 Å². The second-order valence-electron chi connectivity index (χ2n) is 3.12. The molecule has 0 fully saturated rings. The Morgan fingerprint density at radius 3 is 2.83 bits per heavy atom. The van der Waals surface area contributed by atoms with Crippen molar-refractivity contribution in [3.05, 3.63) is 35.4 Å². The van der Waals surface area contributed by atoms with Gasteiger partial charge in [-0.1, -0.05) is 24.3 Å². The number of benzene rings is 1. The molecule has 66 valence electrons. The molecule has 1 atom stereocenters. The van der Waals surface area contributed by atoms with Gasteiger partial charge in [0.05, 0.1) is 0 Å². The molecule has 1 heterocycles. The largest absolute Gasteiger partial charge is 0.310 e. The molecule has 0 spiro atoms. The Morgan fingerprint density at radius 2 is 2.08 bits per heavy atom. The van der Waals surface area contributed by atoms with Gasteiger partial charge in [0, 0.05) is 6.04 Å². The number of nitrogens with one attached hydrogen (secondary N) is 1. The first-order valence-electron chi connectivity index (χ1n) is 4.19. The van der Waals surface area contributed by atoms with Crippen molar-refractivity contribution in [2.75, 3.05) is 6.54 Å². The van der Waals surface area contributed by atoms with Gasteiger partial charge in [-0.05, 0) is 31.0 Å². The average molecular weight is 184 g/mol. The molecule has 1 N–H and O–H groups in total. The quantitative estimate of drug-likeness (QED) is 0.651. The van der Waals surface area contributed by atoms with E-state index in [9.17, 15) is 0 Å². The van der Waals surface area contributed by atoms with Gasteiger partial charge in [-0.25, -0.2) is 0 Å². The molecule has 0 aliphatic carbocycles. The minimum Gasteiger partial charge on any atom is -0.310 e. The Labute approximate surface area is 79.6 Å². The van der Waals surface area contributed by atoms with Crippen molar-refractivity contribution >= 4 is 12.4 Å². The molecule has 0 amide bonds. The Kier molecular flexibility index (Phi) is 3.12. The first kappa shape index (κ1) is 9.56. The lowest BCUT2D eigenvalue weighted by atomic mass is 9.96. The van der Waals surface area contributed by atoms with Gasteiger partial charge < -0.3 is 5.32 Å². The summed E-state index contributed by atoms with van der Waals surface area (Å²) in [5.74, 6) is 0. The number of fused-ring (bicyclic) bond motifs is 1. The second kappa shape index (κ2) is 3.92. The Morgan fingerprint density at radius 1 is 1.33 bits per heavy atom. The smallest absolute Gasteiger partial charge is 0.0294 e. The number of hydrogen-bond acceptors (Lipinski definition) is 1. The van der Waals surface area contributed by atoms with E-state index in [1.807, 2.05) is 0 Å². The van der Waals surface area contributed by atoms with E-state index in [1.165, 1.54) is 17.5 Å². The molecule has 0 bridgehead atoms. The fourth-order valence-corrected chi connectivity index (χ4v) is 1.72. The molecule has 1 nitrogen and oxygen atoms in total. The van der Waals surface area contributed by atoms with Crippen LogP contribution < -0.4 is 5.32 Å². The van der Waals surface area contributed by atoms with Gasteiger partial charge in [0.2, 0.25) is 0 Å². The van der Waals surface area contributed by atoms with Gasteiger partial charge in [0.1, 0.15) is 0 Å². The molecule has 1 aromatic rings. The highest BCUT2D eigenvalue weighted by Gasteiger charge is 2.13. The highest BCUT2D eigenvalue weighted by atomic mass is 35.5. The molecule has 12 heavy (non-hydrogen) atoms. The minimum atomic E-state index is 0. The lowest BCUT2D eigenvalue weighted by molar-refractivity contribution is 0.541. The zero-order valence-electron chi connectivity index (χ0n) is 7.21. The van der Waals surface area contributed by atoms with Gasteiger partial charge in [0.15, 0.2) is 0 Å². The molecular weight excluding hydrogens is 170 g/mol. The maximum absolute atomic E-state index is 3.44. The Bertz CT molecular complexity index is 260. The lowest BCUT2D eigenvalue weighted by Gasteiger charge is -2.23. The summed E-state index contributed by atoms with van der Waals surface area (Å²) in [7, 11) is 0. The van der Waals surface area contributed by atoms with E-state index in [0.717, 1.165) is 6.54 Å². The maximum Gasteiger partial charge on any atom is 0.0294 e. The van der Waals surface area contributed by atoms with Crippen LogP contribution in [0.3, 0.4) is 0 Å². The average Bonchev–Trinajstić information content (AvgIpc) is 2.06. The van der Waals surface area contributed by atoms with Crippen molar-refractivity contribution in [1.29, 1.82) is 0 Å². The van der Waals surface area contributed by atoms with Gasteiger partial charge in [-0.15, -0.1) is 12.4 Å². The van der Waals surface area contributed by atoms with Gasteiger partial charge in [-0.3, -0.25) is 0 Å². The van der Waals surface area contributed by atoms with E-state index < -0.39 is 0 Å². The highest BCUT2D eigenvalue weighted by Crippen LogP contribution is 2.21. The summed E-state index contributed by atoms with van der Waals surface area (Å²) in [4.78, 5) is 0. The zero-order valence-corrected chi connectivity index (χ0v) is 8.03. The van der Waals surface area contributed by atoms with Crippen molar-refractivity contribution in [2.45, 2.75) is 19.4 Å². The fraction of sp³-hybridized carbons (Fsp3) is 0.400. The summed E-state index contributed by atoms with van der Waals surface area (Å²) >= 11 is 0. The summed E-state index contributed by atoms with van der Waals surface area (Å²) in [6.07, 6.45) is 1.18. The van der Waals surface area contributed by atoms with Crippen LogP contribution >= 0.6 is 12.4 Å². The minimum absolute atomic E-state index is 0. The molecule has 0 radical (unpaired) electrons. The van der Waals surface area contributed by atoms with Crippen LogP contribution in [-0.2, 0) is 6.42 Å². The van der Waals surface area contributed by atoms with Gasteiger partial charge >= 0.3 is 0 Å². The maximum atomic E-state index is 3.44. The number of rotatable bonds is 0. The van der Waals surface area contributed by atoms with Crippen LogP contribution in [0.2, 0.25) is 0 Å². The third-order valence-corrected chi connectivity index (χ3v) is 2.37. The zero-order chi connectivity index (χ0) is 7.68. The van der Waals surface area contributed by atoms with Crippen LogP contribution in [0.15, 0.2) is 24.3 Å². The topological polar surface area (TPSA) is 12.0 Å². The van der Waals surface area contributed by atoms with Crippen LogP contribution in [0.25, 0.3) is 0 Å². The van der Waals surface area contributed by atoms with Gasteiger partial charge in [-0.2, -0.15) is 0 Å². The standard InChI is InChI=1S/C10H13N.ClH/c1-8-10-5-3-2-4-9(10)6-7-11-8;/h2-5,8,11H,6-7H2,1H3;1H/t8-;/m0./s1. The third-order valence-electron chi connectivity index (χ3n) is 2.37. The molecule has 2 rings (SSSR count). The first-order valence-corrected chi connectivity index (χ1v) is 4.19. The molecule has 1 aliphatic heterocycles. The number of halogens is 1. The van der Waals surface area contributed by atoms with Crippen LogP contribution in [0, 0.1) is 0 Å². The summed E-state index contributed by atoms with van der Waals surface area (Å²) in [6.45, 7) is 3.34. The third kappa shape index (κ3) is 1.62. The molecule has 1 aliphatic rings. The fourth-order valence-electron chi connectivity index (χ4n) is 1.72. The summed E-state index contributed by atoms with van der Waals surface area (Å²) in [5, 5.41) is 3.44. The van der Waals surface area contributed by atoms with Crippen LogP contribution in [0.5, 0.6) is 0 Å². The summed E-state index contributed by atoms with van der Waals surface area (Å²) < 4.78 is 0. The van der Waals surface area contributed by atoms with Crippen LogP contribution in [-0.4, -0.2) is 6.54 Å². The van der Waals surface area contributed by atoms with Crippen molar-refractivity contribution in [2.24, 2.45) is 0 Å². The monoisotopic (exact) mass is 183 g/mol. The van der Waals surface area contributed by atoms with Crippen LogP contribution in [0.4, 0.5) is 0 Å². The van der Waals surface area contributed by atoms with Crippen LogP contribution in [0.1, 0.15) is 24.1 Å². The SMILES string of the molecule is C[C@@H]1NCCc2ccccc21.Cl. The Balaban J connectivity index is 0.000000720. The summed E-state index contributed by atoms with van der Waals surface area (Å²) in [5.41, 5.74) is 2.98. The summed E-state index contributed by atoms with van der Waals surface area (Å²) in [6, 6.07) is 9.22. The molecule has 0 saturated carbocycles. The molecule has 2 heteroatoms. The highest BCUT2D eigenvalue weighted by molar-refractivity contribution is 5.85. The van der Waals surface area contributed by atoms with Crippen molar-refractivity contribution in [3.8, 4) is 0 Å². The molecule has 0 saturated heterocycles. The van der Waals surface area contributed by atoms with Gasteiger partial charge in [0.25, 0.3) is 0 Å². The molecule has 1 aromatic carbocycles. The molecular formula is C10H14ClN. The number of hydrogen-bond donors (Lipinski definition) is 1. The Hall–Kier alpha value is -0.530. The van der Waals surface area contributed by atoms with Crippen molar-refractivity contribution < 1.29 is 0 Å².